The first-order valence-corrected chi connectivity index (χ1v) is 8.61. The molecule has 0 unspecified atom stereocenters. The van der Waals surface area contributed by atoms with E-state index in [-0.39, 0.29) is 28.8 Å². The van der Waals surface area contributed by atoms with Gasteiger partial charge < -0.3 is 10.2 Å². The number of hydrogen-bond acceptors (Lipinski definition) is 5. The van der Waals surface area contributed by atoms with Crippen LogP contribution in [0.2, 0.25) is 0 Å². The van der Waals surface area contributed by atoms with Gasteiger partial charge in [-0.15, -0.1) is 0 Å². The molecule has 1 fully saturated rings. The molecule has 1 aromatic heterocycles. The second-order valence-electron chi connectivity index (χ2n) is 7.80. The molecular formula is C18H28N4O3. The van der Waals surface area contributed by atoms with E-state index in [9.17, 15) is 9.59 Å². The minimum absolute atomic E-state index is 0.0282. The van der Waals surface area contributed by atoms with Gasteiger partial charge in [-0.3, -0.25) is 19.8 Å². The molecule has 7 nitrogen and oxygen atoms in total. The van der Waals surface area contributed by atoms with E-state index in [0.717, 1.165) is 25.9 Å². The number of pyridine rings is 1. The van der Waals surface area contributed by atoms with Gasteiger partial charge in [-0.25, -0.2) is 5.48 Å². The smallest absolute Gasteiger partial charge is 0.276 e. The molecule has 0 spiro atoms. The van der Waals surface area contributed by atoms with Crippen LogP contribution in [-0.2, 0) is 4.79 Å². The Morgan fingerprint density at radius 3 is 2.40 bits per heavy atom. The van der Waals surface area contributed by atoms with Crippen LogP contribution >= 0.6 is 0 Å². The summed E-state index contributed by atoms with van der Waals surface area (Å²) in [5.41, 5.74) is 2.32. The van der Waals surface area contributed by atoms with Crippen molar-refractivity contribution in [2.45, 2.75) is 39.7 Å². The minimum Gasteiger partial charge on any atom is -0.347 e. The summed E-state index contributed by atoms with van der Waals surface area (Å²) < 4.78 is 0. The molecule has 1 saturated heterocycles. The fourth-order valence-electron chi connectivity index (χ4n) is 3.04. The first kappa shape index (κ1) is 19.3. The predicted octanol–water partition coefficient (Wildman–Crippen LogP) is 1.75. The lowest BCUT2D eigenvalue weighted by atomic mass is 9.83. The molecule has 2 heterocycles. The SMILES string of the molecule is CN1CCC(C(=O)N[C@H](c2ccc(C(=O)NO)cn2)C(C)(C)C)CC1. The van der Waals surface area contributed by atoms with Crippen LogP contribution in [0.15, 0.2) is 18.3 Å². The van der Waals surface area contributed by atoms with Gasteiger partial charge in [0.15, 0.2) is 0 Å². The lowest BCUT2D eigenvalue weighted by molar-refractivity contribution is -0.128. The van der Waals surface area contributed by atoms with Crippen molar-refractivity contribution in [1.29, 1.82) is 0 Å². The molecule has 0 aromatic carbocycles. The summed E-state index contributed by atoms with van der Waals surface area (Å²) in [5, 5.41) is 11.8. The molecule has 0 bridgehead atoms. The van der Waals surface area contributed by atoms with Gasteiger partial charge in [0.1, 0.15) is 0 Å². The molecule has 3 N–H and O–H groups in total. The van der Waals surface area contributed by atoms with Crippen LogP contribution in [0.25, 0.3) is 0 Å². The van der Waals surface area contributed by atoms with Crippen molar-refractivity contribution in [3.8, 4) is 0 Å². The van der Waals surface area contributed by atoms with Gasteiger partial charge in [-0.2, -0.15) is 0 Å². The average Bonchev–Trinajstić information content (AvgIpc) is 2.58. The summed E-state index contributed by atoms with van der Waals surface area (Å²) in [4.78, 5) is 30.7. The number of rotatable bonds is 4. The molecule has 0 aliphatic carbocycles. The number of carbonyl (C=O) groups is 2. The highest BCUT2D eigenvalue weighted by molar-refractivity contribution is 5.92. The Kier molecular flexibility index (Phi) is 6.13. The quantitative estimate of drug-likeness (QED) is 0.569. The second kappa shape index (κ2) is 7.93. The average molecular weight is 348 g/mol. The standard InChI is InChI=1S/C18H28N4O3/c1-18(2,3)15(14-6-5-13(11-19-14)17(24)21-25)20-16(23)12-7-9-22(4)10-8-12/h5-6,11-12,15,25H,7-10H2,1-4H3,(H,20,23)(H,21,24)/t15-/m1/s1. The number of carbonyl (C=O) groups excluding carboxylic acids is 2. The number of nitrogens with one attached hydrogen (secondary N) is 2. The number of piperidine rings is 1. The maximum atomic E-state index is 12.7. The highest BCUT2D eigenvalue weighted by Gasteiger charge is 2.32. The first-order chi connectivity index (χ1) is 11.7. The Hall–Kier alpha value is -1.99. The highest BCUT2D eigenvalue weighted by atomic mass is 16.5. The van der Waals surface area contributed by atoms with Crippen molar-refractivity contribution in [3.05, 3.63) is 29.6 Å². The van der Waals surface area contributed by atoms with Crippen LogP contribution in [0.5, 0.6) is 0 Å². The Bertz CT molecular complexity index is 602. The summed E-state index contributed by atoms with van der Waals surface area (Å²) in [6.07, 6.45) is 3.13. The van der Waals surface area contributed by atoms with E-state index in [1.54, 1.807) is 17.6 Å². The molecule has 7 heteroatoms. The lowest BCUT2D eigenvalue weighted by Crippen LogP contribution is -2.43. The third-order valence-corrected chi connectivity index (χ3v) is 4.69. The molecule has 1 atom stereocenters. The largest absolute Gasteiger partial charge is 0.347 e. The van der Waals surface area contributed by atoms with Crippen LogP contribution in [0.1, 0.15) is 55.7 Å². The van der Waals surface area contributed by atoms with Gasteiger partial charge in [0.2, 0.25) is 5.91 Å². The van der Waals surface area contributed by atoms with E-state index < -0.39 is 5.91 Å². The number of amides is 2. The van der Waals surface area contributed by atoms with Gasteiger partial charge >= 0.3 is 0 Å². The molecule has 1 aliphatic heterocycles. The Morgan fingerprint density at radius 1 is 1.28 bits per heavy atom. The first-order valence-electron chi connectivity index (χ1n) is 8.61. The number of likely N-dealkylation sites (tertiary alicyclic amines) is 1. The van der Waals surface area contributed by atoms with E-state index >= 15 is 0 Å². The van der Waals surface area contributed by atoms with E-state index in [4.69, 9.17) is 5.21 Å². The van der Waals surface area contributed by atoms with Crippen LogP contribution in [-0.4, -0.2) is 47.0 Å². The maximum absolute atomic E-state index is 12.7. The number of nitrogens with zero attached hydrogens (tertiary/aromatic N) is 2. The number of aromatic nitrogens is 1. The van der Waals surface area contributed by atoms with Crippen molar-refractivity contribution in [1.82, 2.24) is 20.7 Å². The van der Waals surface area contributed by atoms with Crippen LogP contribution < -0.4 is 10.8 Å². The summed E-state index contributed by atoms with van der Waals surface area (Å²) >= 11 is 0. The summed E-state index contributed by atoms with van der Waals surface area (Å²) in [6, 6.07) is 3.05. The highest BCUT2D eigenvalue weighted by Crippen LogP contribution is 2.32. The second-order valence-corrected chi connectivity index (χ2v) is 7.80. The monoisotopic (exact) mass is 348 g/mol. The molecule has 25 heavy (non-hydrogen) atoms. The zero-order valence-electron chi connectivity index (χ0n) is 15.4. The molecule has 1 aromatic rings. The zero-order chi connectivity index (χ0) is 18.6. The van der Waals surface area contributed by atoms with E-state index in [1.807, 2.05) is 20.8 Å². The van der Waals surface area contributed by atoms with Crippen molar-refractivity contribution < 1.29 is 14.8 Å². The Labute approximate surface area is 148 Å². The molecule has 138 valence electrons. The third-order valence-electron chi connectivity index (χ3n) is 4.69. The van der Waals surface area contributed by atoms with Crippen molar-refractivity contribution in [3.63, 3.8) is 0 Å². The Balaban J connectivity index is 2.14. The molecule has 1 aliphatic rings. The number of hydroxylamine groups is 1. The van der Waals surface area contributed by atoms with Gasteiger partial charge in [0.05, 0.1) is 17.3 Å². The van der Waals surface area contributed by atoms with Crippen molar-refractivity contribution in [2.75, 3.05) is 20.1 Å². The molecular weight excluding hydrogens is 320 g/mol. The van der Waals surface area contributed by atoms with Crippen LogP contribution in [0.3, 0.4) is 0 Å². The predicted molar refractivity (Wildman–Crippen MR) is 94.0 cm³/mol. The van der Waals surface area contributed by atoms with Gasteiger partial charge in [0.25, 0.3) is 5.91 Å². The van der Waals surface area contributed by atoms with Gasteiger partial charge in [-0.05, 0) is 50.5 Å². The normalized spacial score (nSPS) is 17.8. The minimum atomic E-state index is -0.610. The fraction of sp³-hybridized carbons (Fsp3) is 0.611. The van der Waals surface area contributed by atoms with E-state index in [2.05, 4.69) is 22.2 Å². The maximum Gasteiger partial charge on any atom is 0.276 e. The third kappa shape index (κ3) is 4.99. The van der Waals surface area contributed by atoms with Gasteiger partial charge in [-0.1, -0.05) is 20.8 Å². The van der Waals surface area contributed by atoms with Crippen molar-refractivity contribution in [2.24, 2.45) is 11.3 Å². The van der Waals surface area contributed by atoms with E-state index in [1.165, 1.54) is 6.20 Å². The number of hydrogen-bond donors (Lipinski definition) is 3. The summed E-state index contributed by atoms with van der Waals surface area (Å²) in [5.74, 6) is -0.519. The van der Waals surface area contributed by atoms with Crippen LogP contribution in [0.4, 0.5) is 0 Å². The Morgan fingerprint density at radius 2 is 1.92 bits per heavy atom. The zero-order valence-corrected chi connectivity index (χ0v) is 15.4. The fourth-order valence-corrected chi connectivity index (χ4v) is 3.04. The van der Waals surface area contributed by atoms with E-state index in [0.29, 0.717) is 5.69 Å². The van der Waals surface area contributed by atoms with Gasteiger partial charge in [0, 0.05) is 12.1 Å². The van der Waals surface area contributed by atoms with Crippen LogP contribution in [0, 0.1) is 11.3 Å². The van der Waals surface area contributed by atoms with Crippen molar-refractivity contribution >= 4 is 11.8 Å². The molecule has 0 radical (unpaired) electrons. The lowest BCUT2D eigenvalue weighted by Gasteiger charge is -2.34. The topological polar surface area (TPSA) is 94.6 Å². The summed E-state index contributed by atoms with van der Waals surface area (Å²) in [7, 11) is 2.07. The molecule has 2 rings (SSSR count). The summed E-state index contributed by atoms with van der Waals surface area (Å²) in [6.45, 7) is 8.00. The molecule has 2 amide bonds. The molecule has 0 saturated carbocycles.